The number of rotatable bonds is 6. The van der Waals surface area contributed by atoms with Crippen molar-refractivity contribution in [2.24, 2.45) is 0 Å². The zero-order valence-electron chi connectivity index (χ0n) is 9.52. The fraction of sp³-hybridized carbons (Fsp3) is 1.00. The summed E-state index contributed by atoms with van der Waals surface area (Å²) in [7, 11) is -0.227. The van der Waals surface area contributed by atoms with Crippen molar-refractivity contribution >= 4 is 8.80 Å². The first-order chi connectivity index (χ1) is 6.38. The van der Waals surface area contributed by atoms with Gasteiger partial charge in [-0.25, -0.2) is 0 Å². The summed E-state index contributed by atoms with van der Waals surface area (Å²) in [6, 6.07) is 3.23. The van der Waals surface area contributed by atoms with Gasteiger partial charge in [0, 0.05) is 8.80 Å². The number of hydrogen-bond donors (Lipinski definition) is 0. The topological polar surface area (TPSA) is 0 Å². The van der Waals surface area contributed by atoms with E-state index in [4.69, 9.17) is 0 Å². The first kappa shape index (κ1) is 11.3. The highest BCUT2D eigenvalue weighted by Crippen LogP contribution is 2.36. The fourth-order valence-electron chi connectivity index (χ4n) is 2.86. The normalized spacial score (nSPS) is 28.2. The minimum absolute atomic E-state index is 0.227. The Hall–Kier alpha value is 0.217. The lowest BCUT2D eigenvalue weighted by Crippen LogP contribution is -2.12. The van der Waals surface area contributed by atoms with Gasteiger partial charge in [-0.2, -0.15) is 0 Å². The molecule has 0 aromatic rings. The quantitative estimate of drug-likeness (QED) is 0.439. The van der Waals surface area contributed by atoms with E-state index in [0.717, 1.165) is 0 Å². The molecule has 0 N–H and O–H groups in total. The molecular weight excluding hydrogens is 172 g/mol. The van der Waals surface area contributed by atoms with Gasteiger partial charge in [0.1, 0.15) is 0 Å². The second-order valence-electron chi connectivity index (χ2n) is 4.71. The molecular formula is C12H26Si. The first-order valence-electron chi connectivity index (χ1n) is 6.38. The SMILES string of the molecule is CCCCCCC1CCC[SiH]1CC. The van der Waals surface area contributed by atoms with Crippen LogP contribution in [0.15, 0.2) is 0 Å². The molecule has 1 heterocycles. The third-order valence-electron chi connectivity index (χ3n) is 3.77. The maximum absolute atomic E-state index is 2.43. The van der Waals surface area contributed by atoms with Crippen molar-refractivity contribution < 1.29 is 0 Å². The van der Waals surface area contributed by atoms with Crippen LogP contribution in [0.25, 0.3) is 0 Å². The molecule has 78 valence electrons. The molecule has 13 heavy (non-hydrogen) atoms. The van der Waals surface area contributed by atoms with Gasteiger partial charge in [0.05, 0.1) is 0 Å². The summed E-state index contributed by atoms with van der Waals surface area (Å²) in [5.74, 6) is 0. The molecule has 2 unspecified atom stereocenters. The molecule has 0 aliphatic carbocycles. The summed E-state index contributed by atoms with van der Waals surface area (Å²) in [6.07, 6.45) is 10.6. The summed E-state index contributed by atoms with van der Waals surface area (Å²) in [4.78, 5) is 0. The fourth-order valence-corrected chi connectivity index (χ4v) is 6.59. The maximum atomic E-state index is 2.43. The van der Waals surface area contributed by atoms with Crippen molar-refractivity contribution in [1.29, 1.82) is 0 Å². The van der Waals surface area contributed by atoms with Gasteiger partial charge in [-0.3, -0.25) is 0 Å². The van der Waals surface area contributed by atoms with E-state index in [1.165, 1.54) is 31.2 Å². The molecule has 0 amide bonds. The van der Waals surface area contributed by atoms with E-state index >= 15 is 0 Å². The Morgan fingerprint density at radius 1 is 1.15 bits per heavy atom. The van der Waals surface area contributed by atoms with Crippen LogP contribution in [0.5, 0.6) is 0 Å². The molecule has 1 fully saturated rings. The molecule has 0 aromatic heterocycles. The van der Waals surface area contributed by atoms with Gasteiger partial charge in [-0.15, -0.1) is 0 Å². The van der Waals surface area contributed by atoms with Gasteiger partial charge >= 0.3 is 0 Å². The Bertz CT molecular complexity index is 122. The molecule has 0 radical (unpaired) electrons. The molecule has 0 bridgehead atoms. The Labute approximate surface area is 85.7 Å². The Morgan fingerprint density at radius 3 is 2.69 bits per heavy atom. The van der Waals surface area contributed by atoms with Crippen LogP contribution in [0.4, 0.5) is 0 Å². The zero-order chi connectivity index (χ0) is 9.52. The lowest BCUT2D eigenvalue weighted by Gasteiger charge is -2.15. The van der Waals surface area contributed by atoms with Crippen LogP contribution in [0.1, 0.15) is 58.8 Å². The Kier molecular flexibility index (Phi) is 5.77. The predicted molar refractivity (Wildman–Crippen MR) is 64.2 cm³/mol. The van der Waals surface area contributed by atoms with Crippen LogP contribution in [0.3, 0.4) is 0 Å². The number of unbranched alkanes of at least 4 members (excludes halogenated alkanes) is 3. The highest BCUT2D eigenvalue weighted by atomic mass is 28.3. The predicted octanol–water partition coefficient (Wildman–Crippen LogP) is 4.37. The first-order valence-corrected chi connectivity index (χ1v) is 8.68. The average molecular weight is 198 g/mol. The average Bonchev–Trinajstić information content (AvgIpc) is 2.60. The van der Waals surface area contributed by atoms with Crippen LogP contribution in [0.2, 0.25) is 17.6 Å². The van der Waals surface area contributed by atoms with E-state index in [9.17, 15) is 0 Å². The molecule has 1 aliphatic rings. The van der Waals surface area contributed by atoms with Crippen LogP contribution in [0, 0.1) is 0 Å². The van der Waals surface area contributed by atoms with Crippen molar-refractivity contribution in [1.82, 2.24) is 0 Å². The van der Waals surface area contributed by atoms with Crippen molar-refractivity contribution in [3.05, 3.63) is 0 Å². The van der Waals surface area contributed by atoms with E-state index in [2.05, 4.69) is 13.8 Å². The lowest BCUT2D eigenvalue weighted by molar-refractivity contribution is 0.595. The van der Waals surface area contributed by atoms with Gasteiger partial charge in [0.15, 0.2) is 0 Å². The van der Waals surface area contributed by atoms with Crippen LogP contribution < -0.4 is 0 Å². The third-order valence-corrected chi connectivity index (χ3v) is 7.97. The molecule has 0 aromatic carbocycles. The van der Waals surface area contributed by atoms with Crippen molar-refractivity contribution in [2.45, 2.75) is 76.4 Å². The van der Waals surface area contributed by atoms with E-state index < -0.39 is 0 Å². The number of hydrogen-bond acceptors (Lipinski definition) is 0. The van der Waals surface area contributed by atoms with Crippen molar-refractivity contribution in [3.8, 4) is 0 Å². The van der Waals surface area contributed by atoms with Crippen LogP contribution in [-0.2, 0) is 0 Å². The molecule has 2 atom stereocenters. The molecule has 1 rings (SSSR count). The Balaban J connectivity index is 2.06. The van der Waals surface area contributed by atoms with E-state index in [1.54, 1.807) is 31.4 Å². The largest absolute Gasteiger partial charge is 0.0680 e. The van der Waals surface area contributed by atoms with Crippen LogP contribution >= 0.6 is 0 Å². The van der Waals surface area contributed by atoms with Crippen LogP contribution in [-0.4, -0.2) is 8.80 Å². The molecule has 0 saturated carbocycles. The summed E-state index contributed by atoms with van der Waals surface area (Å²) in [5.41, 5.74) is 1.24. The minimum atomic E-state index is -0.227. The van der Waals surface area contributed by atoms with Gasteiger partial charge in [0.25, 0.3) is 0 Å². The summed E-state index contributed by atoms with van der Waals surface area (Å²) >= 11 is 0. The van der Waals surface area contributed by atoms with Gasteiger partial charge in [-0.05, 0) is 5.54 Å². The summed E-state index contributed by atoms with van der Waals surface area (Å²) in [5, 5.41) is 0. The summed E-state index contributed by atoms with van der Waals surface area (Å²) in [6.45, 7) is 4.74. The molecule has 1 heteroatoms. The van der Waals surface area contributed by atoms with Gasteiger partial charge in [-0.1, -0.05) is 70.9 Å². The smallest absolute Gasteiger partial charge is 0.0396 e. The van der Waals surface area contributed by atoms with E-state index in [0.29, 0.717) is 0 Å². The summed E-state index contributed by atoms with van der Waals surface area (Å²) < 4.78 is 0. The van der Waals surface area contributed by atoms with Gasteiger partial charge in [0.2, 0.25) is 0 Å². The molecule has 1 aliphatic heterocycles. The zero-order valence-corrected chi connectivity index (χ0v) is 10.7. The molecule has 1 saturated heterocycles. The van der Waals surface area contributed by atoms with Crippen molar-refractivity contribution in [2.75, 3.05) is 0 Å². The minimum Gasteiger partial charge on any atom is -0.0680 e. The highest BCUT2D eigenvalue weighted by Gasteiger charge is 2.25. The highest BCUT2D eigenvalue weighted by molar-refractivity contribution is 6.61. The van der Waals surface area contributed by atoms with Gasteiger partial charge < -0.3 is 0 Å². The Morgan fingerprint density at radius 2 is 2.00 bits per heavy atom. The molecule has 0 nitrogen and oxygen atoms in total. The standard InChI is InChI=1S/C12H26Si/c1-3-5-6-7-9-12-10-8-11-13(12)4-2/h12-13H,3-11H2,1-2H3. The lowest BCUT2D eigenvalue weighted by atomic mass is 10.1. The second-order valence-corrected chi connectivity index (χ2v) is 8.57. The second kappa shape index (κ2) is 6.64. The van der Waals surface area contributed by atoms with E-state index in [-0.39, 0.29) is 8.80 Å². The molecule has 0 spiro atoms. The monoisotopic (exact) mass is 198 g/mol. The van der Waals surface area contributed by atoms with E-state index in [1.807, 2.05) is 0 Å². The van der Waals surface area contributed by atoms with Crippen molar-refractivity contribution in [3.63, 3.8) is 0 Å². The third kappa shape index (κ3) is 3.84. The maximum Gasteiger partial charge on any atom is 0.0396 e.